The molecule has 0 saturated heterocycles. The number of benzene rings is 1. The molecule has 0 aliphatic heterocycles. The van der Waals surface area contributed by atoms with E-state index >= 15 is 0 Å². The van der Waals surface area contributed by atoms with Gasteiger partial charge in [-0.3, -0.25) is 4.79 Å². The number of aryl methyl sites for hydroxylation is 1. The smallest absolute Gasteiger partial charge is 0.258 e. The number of nitrogens with two attached hydrogens (primary N) is 1. The molecule has 0 radical (unpaired) electrons. The van der Waals surface area contributed by atoms with Crippen molar-refractivity contribution in [3.05, 3.63) is 44.7 Å². The van der Waals surface area contributed by atoms with Crippen LogP contribution in [-0.2, 0) is 0 Å². The highest BCUT2D eigenvalue weighted by Gasteiger charge is 2.13. The zero-order chi connectivity index (χ0) is 14.0. The minimum absolute atomic E-state index is 0.321. The Balaban J connectivity index is 2.28. The third kappa shape index (κ3) is 3.30. The lowest BCUT2D eigenvalue weighted by molar-refractivity contribution is 0.102. The van der Waals surface area contributed by atoms with Crippen LogP contribution >= 0.6 is 31.9 Å². The van der Waals surface area contributed by atoms with E-state index in [9.17, 15) is 4.79 Å². The normalized spacial score (nSPS) is 10.3. The third-order valence-corrected chi connectivity index (χ3v) is 3.32. The summed E-state index contributed by atoms with van der Waals surface area (Å²) < 4.78 is 1.02. The van der Waals surface area contributed by atoms with Gasteiger partial charge in [0.25, 0.3) is 5.91 Å². The van der Waals surface area contributed by atoms with Crippen LogP contribution in [0.15, 0.2) is 33.6 Å². The van der Waals surface area contributed by atoms with Crippen molar-refractivity contribution in [2.75, 3.05) is 11.1 Å². The van der Waals surface area contributed by atoms with Crippen LogP contribution in [0, 0.1) is 6.92 Å². The summed E-state index contributed by atoms with van der Waals surface area (Å²) in [7, 11) is 0. The summed E-state index contributed by atoms with van der Waals surface area (Å²) >= 11 is 6.42. The van der Waals surface area contributed by atoms with E-state index in [0.29, 0.717) is 26.3 Å². The SMILES string of the molecule is Cc1ccc(N)c(C(=O)Nc2ncc(Br)nc2Br)c1. The van der Waals surface area contributed by atoms with Crippen molar-refractivity contribution < 1.29 is 4.79 Å². The second kappa shape index (κ2) is 5.66. The van der Waals surface area contributed by atoms with Gasteiger partial charge in [-0.05, 0) is 50.9 Å². The van der Waals surface area contributed by atoms with Crippen LogP contribution in [0.1, 0.15) is 15.9 Å². The van der Waals surface area contributed by atoms with E-state index in [-0.39, 0.29) is 5.91 Å². The fraction of sp³-hybridized carbons (Fsp3) is 0.0833. The molecule has 0 aliphatic carbocycles. The number of carbonyl (C=O) groups excluding carboxylic acids is 1. The average Bonchev–Trinajstić information content (AvgIpc) is 2.35. The van der Waals surface area contributed by atoms with Gasteiger partial charge in [-0.2, -0.15) is 0 Å². The summed E-state index contributed by atoms with van der Waals surface area (Å²) in [6.07, 6.45) is 1.50. The van der Waals surface area contributed by atoms with Gasteiger partial charge in [0.2, 0.25) is 0 Å². The predicted octanol–water partition coefficient (Wildman–Crippen LogP) is 3.14. The summed E-state index contributed by atoms with van der Waals surface area (Å²) in [6, 6.07) is 5.28. The van der Waals surface area contributed by atoms with Gasteiger partial charge in [0.15, 0.2) is 5.82 Å². The van der Waals surface area contributed by atoms with Crippen LogP contribution in [-0.4, -0.2) is 15.9 Å². The van der Waals surface area contributed by atoms with E-state index in [0.717, 1.165) is 5.56 Å². The number of hydrogen-bond donors (Lipinski definition) is 2. The first-order chi connectivity index (χ1) is 8.97. The Morgan fingerprint density at radius 2 is 2.11 bits per heavy atom. The van der Waals surface area contributed by atoms with Crippen molar-refractivity contribution in [2.45, 2.75) is 6.92 Å². The number of halogens is 2. The van der Waals surface area contributed by atoms with Crippen LogP contribution in [0.2, 0.25) is 0 Å². The van der Waals surface area contributed by atoms with Crippen molar-refractivity contribution in [1.29, 1.82) is 0 Å². The molecule has 0 atom stereocenters. The van der Waals surface area contributed by atoms with Crippen LogP contribution < -0.4 is 11.1 Å². The summed E-state index contributed by atoms with van der Waals surface area (Å²) in [6.45, 7) is 1.89. The van der Waals surface area contributed by atoms with Gasteiger partial charge in [0.1, 0.15) is 9.21 Å². The number of anilines is 2. The second-order valence-corrected chi connectivity index (χ2v) is 5.44. The van der Waals surface area contributed by atoms with Gasteiger partial charge in [0.05, 0.1) is 11.8 Å². The number of aromatic nitrogens is 2. The lowest BCUT2D eigenvalue weighted by Crippen LogP contribution is -2.15. The molecule has 1 aromatic heterocycles. The molecule has 0 aliphatic rings. The molecule has 2 aromatic rings. The van der Waals surface area contributed by atoms with Crippen molar-refractivity contribution in [2.24, 2.45) is 0 Å². The van der Waals surface area contributed by atoms with E-state index in [1.165, 1.54) is 6.20 Å². The molecule has 5 nitrogen and oxygen atoms in total. The molecule has 2 rings (SSSR count). The quantitative estimate of drug-likeness (QED) is 0.778. The molecular formula is C12H10Br2N4O. The number of nitrogen functional groups attached to an aromatic ring is 1. The van der Waals surface area contributed by atoms with Gasteiger partial charge in [-0.15, -0.1) is 0 Å². The molecule has 1 aromatic carbocycles. The molecule has 3 N–H and O–H groups in total. The molecule has 0 spiro atoms. The molecule has 98 valence electrons. The van der Waals surface area contributed by atoms with Crippen LogP contribution in [0.3, 0.4) is 0 Å². The van der Waals surface area contributed by atoms with Crippen LogP contribution in [0.5, 0.6) is 0 Å². The Bertz CT molecular complexity index is 646. The van der Waals surface area contributed by atoms with Gasteiger partial charge >= 0.3 is 0 Å². The Hall–Kier alpha value is -1.47. The Labute approximate surface area is 126 Å². The fourth-order valence-corrected chi connectivity index (χ4v) is 2.38. The number of nitrogens with one attached hydrogen (secondary N) is 1. The zero-order valence-corrected chi connectivity index (χ0v) is 13.1. The largest absolute Gasteiger partial charge is 0.398 e. The van der Waals surface area contributed by atoms with E-state index < -0.39 is 0 Å². The molecule has 0 bridgehead atoms. The lowest BCUT2D eigenvalue weighted by atomic mass is 10.1. The average molecular weight is 386 g/mol. The lowest BCUT2D eigenvalue weighted by Gasteiger charge is -2.08. The van der Waals surface area contributed by atoms with E-state index in [4.69, 9.17) is 5.73 Å². The van der Waals surface area contributed by atoms with Crippen molar-refractivity contribution >= 4 is 49.3 Å². The maximum Gasteiger partial charge on any atom is 0.258 e. The predicted molar refractivity (Wildman–Crippen MR) is 81.0 cm³/mol. The molecule has 19 heavy (non-hydrogen) atoms. The number of rotatable bonds is 2. The Morgan fingerprint density at radius 1 is 1.37 bits per heavy atom. The van der Waals surface area contributed by atoms with E-state index in [1.54, 1.807) is 12.1 Å². The third-order valence-electron chi connectivity index (χ3n) is 2.39. The van der Waals surface area contributed by atoms with Crippen LogP contribution in [0.25, 0.3) is 0 Å². The topological polar surface area (TPSA) is 80.9 Å². The maximum absolute atomic E-state index is 12.1. The van der Waals surface area contributed by atoms with Gasteiger partial charge in [-0.1, -0.05) is 11.6 Å². The number of carbonyl (C=O) groups is 1. The highest BCUT2D eigenvalue weighted by molar-refractivity contribution is 9.11. The van der Waals surface area contributed by atoms with Crippen molar-refractivity contribution in [3.8, 4) is 0 Å². The summed E-state index contributed by atoms with van der Waals surface area (Å²) in [5.41, 5.74) is 7.58. The minimum Gasteiger partial charge on any atom is -0.398 e. The summed E-state index contributed by atoms with van der Waals surface area (Å²) in [5, 5.41) is 2.66. The standard InChI is InChI=1S/C12H10Br2N4O/c1-6-2-3-8(15)7(4-6)12(19)18-11-10(14)17-9(13)5-16-11/h2-5H,15H2,1H3,(H,16,18,19). The molecule has 0 fully saturated rings. The van der Waals surface area contributed by atoms with Gasteiger partial charge in [0, 0.05) is 5.69 Å². The molecule has 7 heteroatoms. The first-order valence-electron chi connectivity index (χ1n) is 5.33. The molecule has 0 saturated carbocycles. The molecule has 0 unspecified atom stereocenters. The summed E-state index contributed by atoms with van der Waals surface area (Å²) in [5.74, 6) is 0.0210. The minimum atomic E-state index is -0.321. The van der Waals surface area contributed by atoms with Gasteiger partial charge in [-0.25, -0.2) is 9.97 Å². The number of amides is 1. The van der Waals surface area contributed by atoms with Crippen molar-refractivity contribution in [1.82, 2.24) is 9.97 Å². The Kier molecular flexibility index (Phi) is 4.16. The highest BCUT2D eigenvalue weighted by Crippen LogP contribution is 2.21. The fourth-order valence-electron chi connectivity index (χ4n) is 1.47. The highest BCUT2D eigenvalue weighted by atomic mass is 79.9. The molecule has 1 heterocycles. The maximum atomic E-state index is 12.1. The number of hydrogen-bond acceptors (Lipinski definition) is 4. The number of nitrogens with zero attached hydrogens (tertiary/aromatic N) is 2. The monoisotopic (exact) mass is 384 g/mol. The second-order valence-electron chi connectivity index (χ2n) is 3.88. The Morgan fingerprint density at radius 3 is 2.79 bits per heavy atom. The first kappa shape index (κ1) is 14.0. The van der Waals surface area contributed by atoms with Crippen molar-refractivity contribution in [3.63, 3.8) is 0 Å². The van der Waals surface area contributed by atoms with Gasteiger partial charge < -0.3 is 11.1 Å². The first-order valence-corrected chi connectivity index (χ1v) is 6.91. The summed E-state index contributed by atoms with van der Waals surface area (Å²) in [4.78, 5) is 20.3. The molecule has 1 amide bonds. The van der Waals surface area contributed by atoms with E-state index in [1.807, 2.05) is 13.0 Å². The zero-order valence-electron chi connectivity index (χ0n) is 9.95. The molecular weight excluding hydrogens is 376 g/mol. The van der Waals surface area contributed by atoms with Crippen LogP contribution in [0.4, 0.5) is 11.5 Å². The van der Waals surface area contributed by atoms with E-state index in [2.05, 4.69) is 47.1 Å².